The van der Waals surface area contributed by atoms with Gasteiger partial charge in [-0.3, -0.25) is 4.79 Å². The van der Waals surface area contributed by atoms with Crippen molar-refractivity contribution in [3.8, 4) is 0 Å². The van der Waals surface area contributed by atoms with Crippen molar-refractivity contribution in [3.63, 3.8) is 0 Å². The van der Waals surface area contributed by atoms with Crippen molar-refractivity contribution in [1.82, 2.24) is 5.32 Å². The predicted molar refractivity (Wildman–Crippen MR) is 70.8 cm³/mol. The first-order valence-electron chi connectivity index (χ1n) is 6.13. The molecule has 1 atom stereocenters. The molecule has 94 valence electrons. The lowest BCUT2D eigenvalue weighted by atomic mass is 9.98. The molecule has 0 heterocycles. The van der Waals surface area contributed by atoms with Crippen molar-refractivity contribution in [2.75, 3.05) is 6.54 Å². The molecule has 3 N–H and O–H groups in total. The zero-order chi connectivity index (χ0) is 12.8. The lowest BCUT2D eigenvalue weighted by Crippen LogP contribution is -2.27. The second kappa shape index (κ2) is 6.40. The number of carbonyl (C=O) groups is 1. The van der Waals surface area contributed by atoms with Crippen molar-refractivity contribution in [2.24, 2.45) is 5.73 Å². The van der Waals surface area contributed by atoms with Gasteiger partial charge < -0.3 is 11.1 Å². The molecule has 0 spiro atoms. The summed E-state index contributed by atoms with van der Waals surface area (Å²) < 4.78 is 0. The second-order valence-electron chi connectivity index (χ2n) is 4.52. The maximum absolute atomic E-state index is 11.1. The average Bonchev–Trinajstić information content (AvgIpc) is 2.27. The van der Waals surface area contributed by atoms with Gasteiger partial charge >= 0.3 is 0 Å². The van der Waals surface area contributed by atoms with Crippen LogP contribution < -0.4 is 11.1 Å². The number of carbonyl (C=O) groups excluding carboxylic acids is 1. The van der Waals surface area contributed by atoms with Crippen LogP contribution in [0, 0.1) is 13.8 Å². The predicted octanol–water partition coefficient (Wildman–Crippen LogP) is 2.22. The Morgan fingerprint density at radius 3 is 2.59 bits per heavy atom. The van der Waals surface area contributed by atoms with Crippen LogP contribution in [-0.4, -0.2) is 12.5 Å². The number of hydrogen-bond donors (Lipinski definition) is 2. The first-order chi connectivity index (χ1) is 8.04. The summed E-state index contributed by atoms with van der Waals surface area (Å²) in [7, 11) is 0. The zero-order valence-corrected chi connectivity index (χ0v) is 10.9. The largest absolute Gasteiger partial charge is 0.370 e. The highest BCUT2D eigenvalue weighted by atomic mass is 16.1. The lowest BCUT2D eigenvalue weighted by Gasteiger charge is -2.18. The molecule has 1 unspecified atom stereocenters. The molecular weight excluding hydrogens is 212 g/mol. The number of amides is 1. The van der Waals surface area contributed by atoms with Crippen LogP contribution in [0.2, 0.25) is 0 Å². The third-order valence-corrected chi connectivity index (χ3v) is 2.98. The van der Waals surface area contributed by atoms with Gasteiger partial charge in [-0.1, -0.05) is 25.1 Å². The van der Waals surface area contributed by atoms with Crippen molar-refractivity contribution in [1.29, 1.82) is 0 Å². The average molecular weight is 234 g/mol. The second-order valence-corrected chi connectivity index (χ2v) is 4.52. The van der Waals surface area contributed by atoms with Crippen LogP contribution in [-0.2, 0) is 4.79 Å². The van der Waals surface area contributed by atoms with Gasteiger partial charge in [-0.2, -0.15) is 0 Å². The van der Waals surface area contributed by atoms with Gasteiger partial charge in [-0.25, -0.2) is 0 Å². The molecule has 0 aliphatic carbocycles. The molecule has 0 bridgehead atoms. The van der Waals surface area contributed by atoms with E-state index in [1.165, 1.54) is 11.1 Å². The molecule has 0 radical (unpaired) electrons. The summed E-state index contributed by atoms with van der Waals surface area (Å²) in [6.07, 6.45) is 1.39. The molecule has 0 aromatic heterocycles. The molecule has 0 fully saturated rings. The van der Waals surface area contributed by atoms with Gasteiger partial charge in [0.2, 0.25) is 5.91 Å². The molecule has 17 heavy (non-hydrogen) atoms. The highest BCUT2D eigenvalue weighted by Gasteiger charge is 2.13. The minimum Gasteiger partial charge on any atom is -0.370 e. The van der Waals surface area contributed by atoms with Crippen molar-refractivity contribution >= 4 is 5.91 Å². The first-order valence-corrected chi connectivity index (χ1v) is 6.13. The van der Waals surface area contributed by atoms with Crippen LogP contribution in [0.25, 0.3) is 0 Å². The third-order valence-electron chi connectivity index (χ3n) is 2.98. The number of hydrogen-bond acceptors (Lipinski definition) is 2. The maximum Gasteiger partial charge on any atom is 0.219 e. The summed E-state index contributed by atoms with van der Waals surface area (Å²) in [6.45, 7) is 7.17. The topological polar surface area (TPSA) is 55.1 Å². The Labute approximate surface area is 103 Å². The summed E-state index contributed by atoms with van der Waals surface area (Å²) in [5.74, 6) is -0.267. The highest BCUT2D eigenvalue weighted by Crippen LogP contribution is 2.19. The summed E-state index contributed by atoms with van der Waals surface area (Å²) >= 11 is 0. The highest BCUT2D eigenvalue weighted by molar-refractivity contribution is 5.74. The van der Waals surface area contributed by atoms with Gasteiger partial charge in [0.05, 0.1) is 0 Å². The molecule has 3 heteroatoms. The Kier molecular flexibility index (Phi) is 5.16. The number of primary amides is 1. The monoisotopic (exact) mass is 234 g/mol. The minimum absolute atomic E-state index is 0.0340. The summed E-state index contributed by atoms with van der Waals surface area (Å²) in [5.41, 5.74) is 8.94. The van der Waals surface area contributed by atoms with Crippen LogP contribution in [0.3, 0.4) is 0 Å². The summed E-state index contributed by atoms with van der Waals surface area (Å²) in [5, 5.41) is 3.36. The van der Waals surface area contributed by atoms with Gasteiger partial charge in [0.1, 0.15) is 0 Å². The maximum atomic E-state index is 11.1. The van der Waals surface area contributed by atoms with E-state index in [1.54, 1.807) is 0 Å². The number of rotatable bonds is 6. The molecule has 0 aliphatic rings. The molecule has 1 aromatic rings. The molecule has 0 aliphatic heterocycles. The molecule has 3 nitrogen and oxygen atoms in total. The number of benzene rings is 1. The van der Waals surface area contributed by atoms with Crippen molar-refractivity contribution < 1.29 is 4.79 Å². The molecule has 1 aromatic carbocycles. The van der Waals surface area contributed by atoms with E-state index < -0.39 is 0 Å². The standard InChI is InChI=1S/C14H22N2O/c1-4-7-16-13(9-14(15)17)12-6-5-10(2)11(3)8-12/h5-6,8,13,16H,4,7,9H2,1-3H3,(H2,15,17). The van der Waals surface area contributed by atoms with Gasteiger partial charge in [0.25, 0.3) is 0 Å². The normalized spacial score (nSPS) is 12.4. The number of nitrogens with two attached hydrogens (primary N) is 1. The van der Waals surface area contributed by atoms with E-state index in [0.29, 0.717) is 6.42 Å². The SMILES string of the molecule is CCCNC(CC(N)=O)c1ccc(C)c(C)c1. The Morgan fingerprint density at radius 1 is 1.35 bits per heavy atom. The minimum atomic E-state index is -0.267. The van der Waals surface area contributed by atoms with Crippen LogP contribution in [0.4, 0.5) is 0 Å². The fraction of sp³-hybridized carbons (Fsp3) is 0.500. The van der Waals surface area contributed by atoms with E-state index in [-0.39, 0.29) is 11.9 Å². The smallest absolute Gasteiger partial charge is 0.219 e. The lowest BCUT2D eigenvalue weighted by molar-refractivity contribution is -0.118. The van der Waals surface area contributed by atoms with E-state index in [4.69, 9.17) is 5.73 Å². The number of aryl methyl sites for hydroxylation is 2. The zero-order valence-electron chi connectivity index (χ0n) is 10.9. The fourth-order valence-corrected chi connectivity index (χ4v) is 1.81. The molecule has 1 amide bonds. The Morgan fingerprint density at radius 2 is 2.06 bits per heavy atom. The molecular formula is C14H22N2O. The van der Waals surface area contributed by atoms with Crippen molar-refractivity contribution in [2.45, 2.75) is 39.7 Å². The van der Waals surface area contributed by atoms with E-state index in [9.17, 15) is 4.79 Å². The van der Waals surface area contributed by atoms with E-state index in [2.05, 4.69) is 44.3 Å². The molecule has 1 rings (SSSR count). The Balaban J connectivity index is 2.86. The van der Waals surface area contributed by atoms with Gasteiger partial charge in [0, 0.05) is 12.5 Å². The quantitative estimate of drug-likeness (QED) is 0.793. The van der Waals surface area contributed by atoms with E-state index in [0.717, 1.165) is 18.5 Å². The Hall–Kier alpha value is -1.35. The van der Waals surface area contributed by atoms with Crippen LogP contribution >= 0.6 is 0 Å². The van der Waals surface area contributed by atoms with Crippen LogP contribution in [0.5, 0.6) is 0 Å². The summed E-state index contributed by atoms with van der Waals surface area (Å²) in [6, 6.07) is 6.32. The van der Waals surface area contributed by atoms with Crippen LogP contribution in [0.1, 0.15) is 42.5 Å². The first kappa shape index (κ1) is 13.7. The van der Waals surface area contributed by atoms with E-state index >= 15 is 0 Å². The third kappa shape index (κ3) is 4.19. The fourth-order valence-electron chi connectivity index (χ4n) is 1.81. The van der Waals surface area contributed by atoms with Gasteiger partial charge in [0.15, 0.2) is 0 Å². The van der Waals surface area contributed by atoms with Gasteiger partial charge in [-0.05, 0) is 43.5 Å². The van der Waals surface area contributed by atoms with E-state index in [1.807, 2.05) is 0 Å². The van der Waals surface area contributed by atoms with Crippen molar-refractivity contribution in [3.05, 3.63) is 34.9 Å². The Bertz CT molecular complexity index is 388. The van der Waals surface area contributed by atoms with Gasteiger partial charge in [-0.15, -0.1) is 0 Å². The molecule has 0 saturated carbocycles. The molecule has 0 saturated heterocycles. The van der Waals surface area contributed by atoms with Crippen LogP contribution in [0.15, 0.2) is 18.2 Å². The number of nitrogens with one attached hydrogen (secondary N) is 1. The summed E-state index contributed by atoms with van der Waals surface area (Å²) in [4.78, 5) is 11.1.